The lowest BCUT2D eigenvalue weighted by Gasteiger charge is -2.07. The quantitative estimate of drug-likeness (QED) is 0.670. The molecule has 2 rings (SSSR count). The lowest BCUT2D eigenvalue weighted by molar-refractivity contribution is 0.414. The van der Waals surface area contributed by atoms with Crippen LogP contribution in [0.4, 0.5) is 0 Å². The summed E-state index contributed by atoms with van der Waals surface area (Å²) in [7, 11) is 1.68. The molecule has 20 heavy (non-hydrogen) atoms. The zero-order valence-electron chi connectivity index (χ0n) is 11.5. The van der Waals surface area contributed by atoms with Crippen LogP contribution in [0.3, 0.4) is 0 Å². The monoisotopic (exact) mass is 304 g/mol. The van der Waals surface area contributed by atoms with Crippen LogP contribution in [0.25, 0.3) is 6.08 Å². The van der Waals surface area contributed by atoms with Crippen LogP contribution in [-0.2, 0) is 0 Å². The lowest BCUT2D eigenvalue weighted by Crippen LogP contribution is -1.89. The summed E-state index contributed by atoms with van der Waals surface area (Å²) in [5, 5.41) is 1.17. The molecule has 0 aromatic heterocycles. The predicted molar refractivity (Wildman–Crippen MR) is 88.8 cm³/mol. The highest BCUT2D eigenvalue weighted by Gasteiger charge is 2.01. The summed E-state index contributed by atoms with van der Waals surface area (Å²) in [5.74, 6) is 0.888. The van der Waals surface area contributed by atoms with Gasteiger partial charge in [-0.25, -0.2) is 0 Å². The normalized spacial score (nSPS) is 12.6. The molecule has 2 aromatic rings. The van der Waals surface area contributed by atoms with E-state index in [1.165, 1.54) is 4.90 Å². The first-order chi connectivity index (χ1) is 9.67. The molecule has 0 aliphatic carbocycles. The minimum Gasteiger partial charge on any atom is -0.497 e. The topological polar surface area (TPSA) is 9.23 Å². The van der Waals surface area contributed by atoms with Crippen molar-refractivity contribution in [2.24, 2.45) is 0 Å². The van der Waals surface area contributed by atoms with Crippen molar-refractivity contribution >= 4 is 29.4 Å². The Kier molecular flexibility index (Phi) is 5.57. The maximum absolute atomic E-state index is 5.87. The third kappa shape index (κ3) is 4.62. The van der Waals surface area contributed by atoms with Gasteiger partial charge in [-0.05, 0) is 48.9 Å². The van der Waals surface area contributed by atoms with Crippen molar-refractivity contribution < 1.29 is 4.74 Å². The number of halogens is 1. The van der Waals surface area contributed by atoms with Crippen LogP contribution in [-0.4, -0.2) is 12.4 Å². The highest BCUT2D eigenvalue weighted by Crippen LogP contribution is 2.26. The van der Waals surface area contributed by atoms with Crippen LogP contribution < -0.4 is 4.74 Å². The SMILES string of the molecule is COc1ccc(SC(C)/C=C/c2ccc(Cl)cc2)cc1. The van der Waals surface area contributed by atoms with E-state index in [9.17, 15) is 0 Å². The second kappa shape index (κ2) is 7.41. The van der Waals surface area contributed by atoms with Crippen molar-refractivity contribution in [3.05, 3.63) is 65.2 Å². The van der Waals surface area contributed by atoms with E-state index in [1.54, 1.807) is 7.11 Å². The molecule has 1 atom stereocenters. The molecule has 0 saturated carbocycles. The zero-order chi connectivity index (χ0) is 14.4. The van der Waals surface area contributed by atoms with Gasteiger partial charge in [0.15, 0.2) is 0 Å². The minimum atomic E-state index is 0.402. The van der Waals surface area contributed by atoms with Gasteiger partial charge in [0, 0.05) is 15.2 Å². The summed E-state index contributed by atoms with van der Waals surface area (Å²) < 4.78 is 5.16. The highest BCUT2D eigenvalue weighted by molar-refractivity contribution is 8.00. The molecule has 0 aliphatic rings. The molecular formula is C17H17ClOS. The van der Waals surface area contributed by atoms with E-state index in [4.69, 9.17) is 16.3 Å². The van der Waals surface area contributed by atoms with Gasteiger partial charge in [0.05, 0.1) is 7.11 Å². The molecule has 0 N–H and O–H groups in total. The van der Waals surface area contributed by atoms with Gasteiger partial charge >= 0.3 is 0 Å². The molecule has 0 fully saturated rings. The smallest absolute Gasteiger partial charge is 0.118 e. The number of benzene rings is 2. The van der Waals surface area contributed by atoms with Crippen molar-refractivity contribution in [1.82, 2.24) is 0 Å². The second-order valence-corrected chi connectivity index (χ2v) is 6.30. The van der Waals surface area contributed by atoms with Gasteiger partial charge < -0.3 is 4.74 Å². The Morgan fingerprint density at radius 2 is 1.70 bits per heavy atom. The Morgan fingerprint density at radius 1 is 1.05 bits per heavy atom. The first kappa shape index (κ1) is 15.0. The van der Waals surface area contributed by atoms with E-state index in [0.717, 1.165) is 16.3 Å². The summed E-state index contributed by atoms with van der Waals surface area (Å²) in [6.07, 6.45) is 4.32. The maximum Gasteiger partial charge on any atom is 0.118 e. The van der Waals surface area contributed by atoms with Crippen molar-refractivity contribution in [1.29, 1.82) is 0 Å². The van der Waals surface area contributed by atoms with E-state index in [1.807, 2.05) is 48.2 Å². The van der Waals surface area contributed by atoms with Crippen molar-refractivity contribution in [2.45, 2.75) is 17.1 Å². The number of methoxy groups -OCH3 is 1. The van der Waals surface area contributed by atoms with Crippen LogP contribution in [0.1, 0.15) is 12.5 Å². The van der Waals surface area contributed by atoms with Gasteiger partial charge in [-0.2, -0.15) is 0 Å². The third-order valence-electron chi connectivity index (χ3n) is 2.81. The average Bonchev–Trinajstić information content (AvgIpc) is 2.47. The second-order valence-electron chi connectivity index (χ2n) is 4.41. The molecule has 0 aliphatic heterocycles. The molecule has 1 unspecified atom stereocenters. The van der Waals surface area contributed by atoms with Gasteiger partial charge in [0.2, 0.25) is 0 Å². The summed E-state index contributed by atoms with van der Waals surface area (Å²) in [4.78, 5) is 1.24. The number of hydrogen-bond acceptors (Lipinski definition) is 2. The lowest BCUT2D eigenvalue weighted by atomic mass is 10.2. The van der Waals surface area contributed by atoms with E-state index < -0.39 is 0 Å². The van der Waals surface area contributed by atoms with Gasteiger partial charge in [-0.1, -0.05) is 35.9 Å². The Labute approximate surface area is 129 Å². The first-order valence-electron chi connectivity index (χ1n) is 6.42. The Balaban J connectivity index is 1.94. The van der Waals surface area contributed by atoms with Crippen molar-refractivity contribution in [3.63, 3.8) is 0 Å². The summed E-state index contributed by atoms with van der Waals surface area (Å²) in [5.41, 5.74) is 1.16. The van der Waals surface area contributed by atoms with Gasteiger partial charge in [-0.15, -0.1) is 11.8 Å². The maximum atomic E-state index is 5.87. The summed E-state index contributed by atoms with van der Waals surface area (Å²) >= 11 is 7.68. The molecule has 2 aromatic carbocycles. The predicted octanol–water partition coefficient (Wildman–Crippen LogP) is 5.54. The number of ether oxygens (including phenoxy) is 1. The molecule has 0 radical (unpaired) electrons. The number of thioether (sulfide) groups is 1. The van der Waals surface area contributed by atoms with Crippen LogP contribution in [0, 0.1) is 0 Å². The number of hydrogen-bond donors (Lipinski definition) is 0. The minimum absolute atomic E-state index is 0.402. The largest absolute Gasteiger partial charge is 0.497 e. The van der Waals surface area contributed by atoms with Crippen LogP contribution in [0.2, 0.25) is 5.02 Å². The van der Waals surface area contributed by atoms with Gasteiger partial charge in [-0.3, -0.25) is 0 Å². The standard InChI is InChI=1S/C17H17ClOS/c1-13(3-4-14-5-7-15(18)8-6-14)20-17-11-9-16(19-2)10-12-17/h3-13H,1-2H3/b4-3+. The van der Waals surface area contributed by atoms with E-state index in [0.29, 0.717) is 5.25 Å². The van der Waals surface area contributed by atoms with Gasteiger partial charge in [0.1, 0.15) is 5.75 Å². The molecule has 104 valence electrons. The Hall–Kier alpha value is -1.38. The van der Waals surface area contributed by atoms with Crippen LogP contribution >= 0.6 is 23.4 Å². The van der Waals surface area contributed by atoms with Crippen LogP contribution in [0.5, 0.6) is 5.75 Å². The molecule has 1 nitrogen and oxygen atoms in total. The fourth-order valence-corrected chi connectivity index (χ4v) is 2.73. The first-order valence-corrected chi connectivity index (χ1v) is 7.67. The molecule has 0 amide bonds. The molecule has 0 heterocycles. The van der Waals surface area contributed by atoms with E-state index in [2.05, 4.69) is 31.2 Å². The average molecular weight is 305 g/mol. The highest BCUT2D eigenvalue weighted by atomic mass is 35.5. The summed E-state index contributed by atoms with van der Waals surface area (Å²) in [6.45, 7) is 2.18. The molecular weight excluding hydrogens is 288 g/mol. The van der Waals surface area contributed by atoms with Crippen LogP contribution in [0.15, 0.2) is 59.5 Å². The molecule has 0 saturated heterocycles. The Bertz CT molecular complexity index is 561. The van der Waals surface area contributed by atoms with E-state index >= 15 is 0 Å². The number of rotatable bonds is 5. The van der Waals surface area contributed by atoms with E-state index in [-0.39, 0.29) is 0 Å². The fourth-order valence-electron chi connectivity index (χ4n) is 1.73. The fraction of sp³-hybridized carbons (Fsp3) is 0.176. The zero-order valence-corrected chi connectivity index (χ0v) is 13.1. The summed E-state index contributed by atoms with van der Waals surface area (Å²) in [6, 6.07) is 16.0. The third-order valence-corrected chi connectivity index (χ3v) is 4.14. The Morgan fingerprint density at radius 3 is 2.30 bits per heavy atom. The molecule has 0 spiro atoms. The molecule has 3 heteroatoms. The van der Waals surface area contributed by atoms with Crippen molar-refractivity contribution in [2.75, 3.05) is 7.11 Å². The molecule has 0 bridgehead atoms. The van der Waals surface area contributed by atoms with Gasteiger partial charge in [0.25, 0.3) is 0 Å². The van der Waals surface area contributed by atoms with Crippen molar-refractivity contribution in [3.8, 4) is 5.75 Å².